The van der Waals surface area contributed by atoms with Crippen LogP contribution in [0, 0.1) is 0 Å². The number of amidine groups is 1. The maximum Gasteiger partial charge on any atom is 0.248 e. The van der Waals surface area contributed by atoms with Crippen molar-refractivity contribution in [1.82, 2.24) is 0 Å². The van der Waals surface area contributed by atoms with Crippen LogP contribution in [0.15, 0.2) is 23.2 Å². The van der Waals surface area contributed by atoms with E-state index in [-0.39, 0.29) is 28.7 Å². The largest absolute Gasteiger partial charge is 0.314 e. The Morgan fingerprint density at radius 1 is 1.36 bits per heavy atom. The predicted molar refractivity (Wildman–Crippen MR) is 105 cm³/mol. The van der Waals surface area contributed by atoms with Crippen molar-refractivity contribution in [1.29, 1.82) is 0 Å². The number of amides is 1. The summed E-state index contributed by atoms with van der Waals surface area (Å²) < 4.78 is 24.1. The van der Waals surface area contributed by atoms with Crippen LogP contribution in [-0.4, -0.2) is 42.3 Å². The fourth-order valence-corrected chi connectivity index (χ4v) is 7.44. The number of hydrogen-bond acceptors (Lipinski definition) is 4. The highest BCUT2D eigenvalue weighted by Gasteiger charge is 2.49. The van der Waals surface area contributed by atoms with Crippen molar-refractivity contribution in [2.45, 2.75) is 37.5 Å². The number of fused-ring (bicyclic) bond motifs is 1. The summed E-state index contributed by atoms with van der Waals surface area (Å²) in [5, 5.41) is 1.28. The van der Waals surface area contributed by atoms with Gasteiger partial charge in [-0.15, -0.1) is 0 Å². The summed E-state index contributed by atoms with van der Waals surface area (Å²) in [6.07, 6.45) is 2.08. The minimum absolute atomic E-state index is 0.0335. The van der Waals surface area contributed by atoms with Crippen molar-refractivity contribution in [2.75, 3.05) is 16.4 Å². The van der Waals surface area contributed by atoms with Crippen LogP contribution in [0.3, 0.4) is 0 Å². The number of halogens is 2. The molecule has 0 saturated carbocycles. The summed E-state index contributed by atoms with van der Waals surface area (Å²) in [5.41, 5.74) is 0.630. The second-order valence-electron chi connectivity index (χ2n) is 6.16. The van der Waals surface area contributed by atoms with Gasteiger partial charge in [-0.25, -0.2) is 8.42 Å². The van der Waals surface area contributed by atoms with Crippen molar-refractivity contribution in [3.05, 3.63) is 28.2 Å². The lowest BCUT2D eigenvalue weighted by Gasteiger charge is -2.25. The molecule has 0 aromatic heterocycles. The van der Waals surface area contributed by atoms with Crippen LogP contribution in [0.2, 0.25) is 10.0 Å². The van der Waals surface area contributed by atoms with Crippen LogP contribution in [0.1, 0.15) is 26.2 Å². The zero-order chi connectivity index (χ0) is 18.2. The van der Waals surface area contributed by atoms with Crippen LogP contribution >= 0.6 is 35.0 Å². The van der Waals surface area contributed by atoms with Gasteiger partial charge in [-0.2, -0.15) is 4.99 Å². The third-order valence-electron chi connectivity index (χ3n) is 4.20. The topological polar surface area (TPSA) is 66.8 Å². The second kappa shape index (κ2) is 7.47. The molecule has 0 radical (unpaired) electrons. The Kier molecular flexibility index (Phi) is 5.68. The molecule has 25 heavy (non-hydrogen) atoms. The first-order chi connectivity index (χ1) is 11.8. The first kappa shape index (κ1) is 19.0. The van der Waals surface area contributed by atoms with Gasteiger partial charge in [0, 0.05) is 16.7 Å². The third kappa shape index (κ3) is 4.15. The van der Waals surface area contributed by atoms with E-state index in [1.54, 1.807) is 23.1 Å². The molecule has 2 fully saturated rings. The van der Waals surface area contributed by atoms with Gasteiger partial charge in [0.15, 0.2) is 15.0 Å². The number of aliphatic imine (C=N–C) groups is 1. The van der Waals surface area contributed by atoms with Gasteiger partial charge in [0.05, 0.1) is 28.3 Å². The molecule has 2 aliphatic rings. The number of unbranched alkanes of at least 4 members (excludes halogenated alkanes) is 1. The summed E-state index contributed by atoms with van der Waals surface area (Å²) in [6, 6.07) is 4.77. The maximum absolute atomic E-state index is 12.1. The van der Waals surface area contributed by atoms with E-state index in [2.05, 4.69) is 4.99 Å². The molecular weight excluding hydrogens is 403 g/mol. The number of anilines is 1. The molecule has 136 valence electrons. The minimum atomic E-state index is -3.11. The van der Waals surface area contributed by atoms with Crippen molar-refractivity contribution < 1.29 is 13.2 Å². The van der Waals surface area contributed by atoms with Gasteiger partial charge in [0.2, 0.25) is 5.91 Å². The second-order valence-corrected chi connectivity index (χ2v) is 10.4. The van der Waals surface area contributed by atoms with Crippen LogP contribution < -0.4 is 4.90 Å². The van der Waals surface area contributed by atoms with Crippen LogP contribution in [0.5, 0.6) is 0 Å². The van der Waals surface area contributed by atoms with Crippen molar-refractivity contribution in [3.63, 3.8) is 0 Å². The quantitative estimate of drug-likeness (QED) is 0.740. The number of rotatable bonds is 4. The molecular formula is C16H18Cl2N2O3S2. The van der Waals surface area contributed by atoms with E-state index >= 15 is 0 Å². The lowest BCUT2D eigenvalue weighted by molar-refractivity contribution is -0.117. The van der Waals surface area contributed by atoms with E-state index in [9.17, 15) is 13.2 Å². The molecule has 1 amide bonds. The fraction of sp³-hybridized carbons (Fsp3) is 0.500. The molecule has 0 bridgehead atoms. The summed E-state index contributed by atoms with van der Waals surface area (Å²) in [5.74, 6) is -0.0693. The molecule has 2 heterocycles. The normalized spacial score (nSPS) is 26.2. The van der Waals surface area contributed by atoms with Gasteiger partial charge >= 0.3 is 0 Å². The van der Waals surface area contributed by atoms with Crippen molar-refractivity contribution in [2.24, 2.45) is 4.99 Å². The molecule has 0 aliphatic carbocycles. The summed E-state index contributed by atoms with van der Waals surface area (Å²) >= 11 is 13.6. The van der Waals surface area contributed by atoms with Crippen molar-refractivity contribution in [3.8, 4) is 0 Å². The average Bonchev–Trinajstić information content (AvgIpc) is 2.97. The molecule has 2 aliphatic heterocycles. The van der Waals surface area contributed by atoms with E-state index in [4.69, 9.17) is 23.2 Å². The average molecular weight is 421 g/mol. The highest BCUT2D eigenvalue weighted by Crippen LogP contribution is 2.43. The first-order valence-corrected chi connectivity index (χ1v) is 11.5. The lowest BCUT2D eigenvalue weighted by atomic mass is 10.2. The van der Waals surface area contributed by atoms with E-state index < -0.39 is 9.84 Å². The Morgan fingerprint density at radius 3 is 2.80 bits per heavy atom. The van der Waals surface area contributed by atoms with Crippen LogP contribution in [0.25, 0.3) is 0 Å². The Morgan fingerprint density at radius 2 is 2.12 bits per heavy atom. The van der Waals surface area contributed by atoms with E-state index in [0.717, 1.165) is 12.8 Å². The lowest BCUT2D eigenvalue weighted by Crippen LogP contribution is -2.37. The Bertz CT molecular complexity index is 827. The summed E-state index contributed by atoms with van der Waals surface area (Å²) in [7, 11) is -3.11. The minimum Gasteiger partial charge on any atom is -0.314 e. The standard InChI is InChI=1S/C16H18Cl2N2O3S2/c1-2-3-4-15(21)19-16-20(12-6-5-10(17)7-11(12)18)13-8-25(22,23)9-14(13)24-16/h5-7,13-14H,2-4,8-9H2,1H3/t13-,14-/m0/s1. The van der Waals surface area contributed by atoms with Crippen LogP contribution in [-0.2, 0) is 14.6 Å². The highest BCUT2D eigenvalue weighted by molar-refractivity contribution is 8.16. The zero-order valence-electron chi connectivity index (χ0n) is 13.6. The number of carbonyl (C=O) groups is 1. The summed E-state index contributed by atoms with van der Waals surface area (Å²) in [6.45, 7) is 2.01. The van der Waals surface area contributed by atoms with Gasteiger partial charge in [0.1, 0.15) is 0 Å². The monoisotopic (exact) mass is 420 g/mol. The number of carbonyl (C=O) groups excluding carboxylic acids is 1. The zero-order valence-corrected chi connectivity index (χ0v) is 16.8. The van der Waals surface area contributed by atoms with E-state index in [0.29, 0.717) is 27.3 Å². The highest BCUT2D eigenvalue weighted by atomic mass is 35.5. The number of hydrogen-bond donors (Lipinski definition) is 0. The number of benzene rings is 1. The molecule has 5 nitrogen and oxygen atoms in total. The number of nitrogens with zero attached hydrogens (tertiary/aromatic N) is 2. The van der Waals surface area contributed by atoms with Gasteiger partial charge < -0.3 is 4.90 Å². The van der Waals surface area contributed by atoms with E-state index in [1.165, 1.54) is 11.8 Å². The first-order valence-electron chi connectivity index (χ1n) is 8.03. The van der Waals surface area contributed by atoms with E-state index in [1.807, 2.05) is 6.92 Å². The third-order valence-corrected chi connectivity index (χ3v) is 7.95. The molecule has 0 spiro atoms. The number of sulfone groups is 1. The Hall–Kier alpha value is -0.760. The maximum atomic E-state index is 12.1. The molecule has 1 aromatic carbocycles. The van der Waals surface area contributed by atoms with Crippen LogP contribution in [0.4, 0.5) is 5.69 Å². The van der Waals surface area contributed by atoms with Crippen molar-refractivity contribution >= 4 is 61.6 Å². The molecule has 2 saturated heterocycles. The van der Waals surface area contributed by atoms with Gasteiger partial charge in [-0.3, -0.25) is 4.79 Å². The van der Waals surface area contributed by atoms with Gasteiger partial charge in [-0.1, -0.05) is 48.3 Å². The SMILES string of the molecule is CCCCC(=O)N=C1S[C@H]2CS(=O)(=O)C[C@@H]2N1c1ccc(Cl)cc1Cl. The molecule has 0 unspecified atom stereocenters. The smallest absolute Gasteiger partial charge is 0.248 e. The Labute approximate surface area is 161 Å². The molecule has 0 N–H and O–H groups in total. The molecule has 9 heteroatoms. The molecule has 2 atom stereocenters. The fourth-order valence-electron chi connectivity index (χ4n) is 3.01. The van der Waals surface area contributed by atoms with Gasteiger partial charge in [0.25, 0.3) is 0 Å². The molecule has 3 rings (SSSR count). The number of thioether (sulfide) groups is 1. The van der Waals surface area contributed by atoms with Gasteiger partial charge in [-0.05, 0) is 24.6 Å². The predicted octanol–water partition coefficient (Wildman–Crippen LogP) is 3.79. The Balaban J connectivity index is 1.98. The molecule has 1 aromatic rings. The summed E-state index contributed by atoms with van der Waals surface area (Å²) in [4.78, 5) is 18.2.